The predicted molar refractivity (Wildman–Crippen MR) is 133 cm³/mol. The molecule has 0 bridgehead atoms. The number of carbonyl (C=O) groups is 1. The zero-order valence-corrected chi connectivity index (χ0v) is 22.0. The molecule has 11 atom stereocenters. The van der Waals surface area contributed by atoms with Crippen molar-refractivity contribution in [3.8, 4) is 0 Å². The van der Waals surface area contributed by atoms with Crippen LogP contribution in [0.4, 0.5) is 0 Å². The molecular formula is C28H48N2O3. The molecule has 0 aromatic carbocycles. The van der Waals surface area contributed by atoms with E-state index < -0.39 is 18.2 Å². The predicted octanol–water partition coefficient (Wildman–Crippen LogP) is 3.99. The second-order valence-electron chi connectivity index (χ2n) is 12.7. The summed E-state index contributed by atoms with van der Waals surface area (Å²) in [5.41, 5.74) is 0.965. The summed E-state index contributed by atoms with van der Waals surface area (Å²) in [5, 5.41) is 25.5. The summed E-state index contributed by atoms with van der Waals surface area (Å²) in [6.45, 7) is 10.9. The highest BCUT2D eigenvalue weighted by Gasteiger charge is 2.63. The van der Waals surface area contributed by atoms with Crippen molar-refractivity contribution in [2.24, 2.45) is 40.4 Å². The van der Waals surface area contributed by atoms with E-state index in [1.54, 1.807) is 13.0 Å². The first-order valence-electron chi connectivity index (χ1n) is 13.4. The third kappa shape index (κ3) is 3.90. The minimum atomic E-state index is -0.702. The van der Waals surface area contributed by atoms with Gasteiger partial charge in [0.15, 0.2) is 0 Å². The molecule has 4 aliphatic carbocycles. The van der Waals surface area contributed by atoms with Crippen molar-refractivity contribution in [3.63, 3.8) is 0 Å². The van der Waals surface area contributed by atoms with Gasteiger partial charge in [-0.1, -0.05) is 19.9 Å². The fraction of sp³-hybridized carbons (Fsp3) is 0.893. The molecule has 4 rings (SSSR count). The first-order chi connectivity index (χ1) is 15.5. The molecule has 5 heteroatoms. The van der Waals surface area contributed by atoms with Gasteiger partial charge in [0.2, 0.25) is 5.91 Å². The minimum absolute atomic E-state index is 0.0643. The molecule has 0 aromatic heterocycles. The molecule has 0 spiro atoms. The van der Waals surface area contributed by atoms with E-state index in [4.69, 9.17) is 0 Å². The number of aliphatic hydroxyl groups is 2. The van der Waals surface area contributed by atoms with Gasteiger partial charge in [-0.2, -0.15) is 0 Å². The standard InChI is InChI=1S/C28H48N2O3/c1-8-16(2)26(33)29-24-23(31)15-28(5)21-13-14-27(4)19(17(3)30(6)7)11-12-20(27)18(21)9-10-22(28)25(24)32/h8,17-25,31-32H,9-15H2,1-7H3,(H,29,33)/b16-8+/t17-,18+,19+,20+,21-,22-,23-,24-,25+,27+,28+/m0/s1. The number of rotatable bonds is 4. The van der Waals surface area contributed by atoms with Crippen LogP contribution in [0, 0.1) is 40.4 Å². The number of nitrogens with one attached hydrogen (secondary N) is 1. The Morgan fingerprint density at radius 2 is 1.67 bits per heavy atom. The third-order valence-electron chi connectivity index (χ3n) is 11.3. The number of fused-ring (bicyclic) bond motifs is 5. The molecule has 188 valence electrons. The summed E-state index contributed by atoms with van der Waals surface area (Å²) in [4.78, 5) is 14.9. The summed E-state index contributed by atoms with van der Waals surface area (Å²) in [6, 6.07) is 0.0273. The molecule has 4 saturated carbocycles. The normalized spacial score (nSPS) is 48.6. The highest BCUT2D eigenvalue weighted by Crippen LogP contribution is 2.67. The van der Waals surface area contributed by atoms with Crippen molar-refractivity contribution >= 4 is 5.91 Å². The van der Waals surface area contributed by atoms with Crippen LogP contribution < -0.4 is 5.32 Å². The lowest BCUT2D eigenvalue weighted by Gasteiger charge is -2.63. The van der Waals surface area contributed by atoms with E-state index in [9.17, 15) is 15.0 Å². The third-order valence-corrected chi connectivity index (χ3v) is 11.3. The summed E-state index contributed by atoms with van der Waals surface area (Å²) in [7, 11) is 4.44. The van der Waals surface area contributed by atoms with Crippen molar-refractivity contribution < 1.29 is 15.0 Å². The van der Waals surface area contributed by atoms with Crippen molar-refractivity contribution in [1.82, 2.24) is 10.2 Å². The van der Waals surface area contributed by atoms with Crippen molar-refractivity contribution in [3.05, 3.63) is 11.6 Å². The average Bonchev–Trinajstić information content (AvgIpc) is 3.12. The van der Waals surface area contributed by atoms with Crippen LogP contribution in [-0.4, -0.2) is 59.4 Å². The van der Waals surface area contributed by atoms with Crippen LogP contribution in [0.5, 0.6) is 0 Å². The molecule has 4 fully saturated rings. The van der Waals surface area contributed by atoms with Crippen LogP contribution >= 0.6 is 0 Å². The van der Waals surface area contributed by atoms with Crippen molar-refractivity contribution in [1.29, 1.82) is 0 Å². The Morgan fingerprint density at radius 3 is 2.30 bits per heavy atom. The average molecular weight is 461 g/mol. The van der Waals surface area contributed by atoms with E-state index >= 15 is 0 Å². The fourth-order valence-electron chi connectivity index (χ4n) is 9.18. The van der Waals surface area contributed by atoms with Crippen molar-refractivity contribution in [2.75, 3.05) is 14.1 Å². The molecule has 3 N–H and O–H groups in total. The quantitative estimate of drug-likeness (QED) is 0.555. The molecule has 0 saturated heterocycles. The molecule has 0 unspecified atom stereocenters. The van der Waals surface area contributed by atoms with Gasteiger partial charge in [0, 0.05) is 11.6 Å². The zero-order valence-electron chi connectivity index (χ0n) is 22.0. The second kappa shape index (κ2) is 8.95. The number of nitrogens with zero attached hydrogens (tertiary/aromatic N) is 1. The second-order valence-corrected chi connectivity index (χ2v) is 12.7. The molecular weight excluding hydrogens is 412 g/mol. The topological polar surface area (TPSA) is 72.8 Å². The van der Waals surface area contributed by atoms with E-state index in [1.165, 1.54) is 32.1 Å². The van der Waals surface area contributed by atoms with Crippen LogP contribution in [0.25, 0.3) is 0 Å². The maximum Gasteiger partial charge on any atom is 0.246 e. The molecule has 0 aliphatic heterocycles. The Labute approximate surface area is 201 Å². The highest BCUT2D eigenvalue weighted by molar-refractivity contribution is 5.92. The van der Waals surface area contributed by atoms with Gasteiger partial charge >= 0.3 is 0 Å². The first kappa shape index (κ1) is 25.2. The summed E-state index contributed by atoms with van der Waals surface area (Å²) >= 11 is 0. The fourth-order valence-corrected chi connectivity index (χ4v) is 9.18. The maximum atomic E-state index is 12.5. The van der Waals surface area contributed by atoms with E-state index in [1.807, 2.05) is 6.92 Å². The largest absolute Gasteiger partial charge is 0.391 e. The highest BCUT2D eigenvalue weighted by atomic mass is 16.3. The molecule has 0 aromatic rings. The van der Waals surface area contributed by atoms with Gasteiger partial charge in [0.1, 0.15) is 0 Å². The van der Waals surface area contributed by atoms with E-state index in [-0.39, 0.29) is 17.2 Å². The van der Waals surface area contributed by atoms with E-state index in [2.05, 4.69) is 45.1 Å². The van der Waals surface area contributed by atoms with Crippen LogP contribution in [0.3, 0.4) is 0 Å². The van der Waals surface area contributed by atoms with Gasteiger partial charge in [0.25, 0.3) is 0 Å². The number of amides is 1. The molecule has 5 nitrogen and oxygen atoms in total. The monoisotopic (exact) mass is 460 g/mol. The summed E-state index contributed by atoms with van der Waals surface area (Å²) in [6.07, 6.45) is 8.36. The number of aliphatic hydroxyl groups excluding tert-OH is 2. The van der Waals surface area contributed by atoms with Gasteiger partial charge in [0.05, 0.1) is 18.2 Å². The summed E-state index contributed by atoms with van der Waals surface area (Å²) in [5.74, 6) is 2.71. The van der Waals surface area contributed by atoms with Crippen LogP contribution in [0.15, 0.2) is 11.6 Å². The Kier molecular flexibility index (Phi) is 6.83. The molecule has 1 amide bonds. The van der Waals surface area contributed by atoms with Gasteiger partial charge < -0.3 is 20.4 Å². The van der Waals surface area contributed by atoms with Crippen LogP contribution in [-0.2, 0) is 4.79 Å². The van der Waals surface area contributed by atoms with Gasteiger partial charge in [-0.05, 0) is 120 Å². The van der Waals surface area contributed by atoms with Gasteiger partial charge in [-0.25, -0.2) is 0 Å². The minimum Gasteiger partial charge on any atom is -0.391 e. The molecule has 33 heavy (non-hydrogen) atoms. The molecule has 0 radical (unpaired) electrons. The van der Waals surface area contributed by atoms with Gasteiger partial charge in [-0.15, -0.1) is 0 Å². The Bertz CT molecular complexity index is 781. The Hall–Kier alpha value is -0.910. The number of hydrogen-bond acceptors (Lipinski definition) is 4. The van der Waals surface area contributed by atoms with Crippen molar-refractivity contribution in [2.45, 2.75) is 104 Å². The molecule has 4 aliphatic rings. The Morgan fingerprint density at radius 1 is 1.03 bits per heavy atom. The van der Waals surface area contributed by atoms with Gasteiger partial charge in [-0.3, -0.25) is 4.79 Å². The lowest BCUT2D eigenvalue weighted by Crippen LogP contribution is -2.65. The molecule has 0 heterocycles. The van der Waals surface area contributed by atoms with Crippen LogP contribution in [0.2, 0.25) is 0 Å². The first-order valence-corrected chi connectivity index (χ1v) is 13.4. The lowest BCUT2D eigenvalue weighted by atomic mass is 9.43. The van der Waals surface area contributed by atoms with E-state index in [0.29, 0.717) is 35.3 Å². The summed E-state index contributed by atoms with van der Waals surface area (Å²) < 4.78 is 0. The van der Waals surface area contributed by atoms with Crippen LogP contribution in [0.1, 0.15) is 79.6 Å². The lowest BCUT2D eigenvalue weighted by molar-refractivity contribution is -0.180. The maximum absolute atomic E-state index is 12.5. The smallest absolute Gasteiger partial charge is 0.246 e. The zero-order chi connectivity index (χ0) is 24.3. The number of hydrogen-bond donors (Lipinski definition) is 3. The number of allylic oxidation sites excluding steroid dienone is 1. The van der Waals surface area contributed by atoms with E-state index in [0.717, 1.165) is 18.3 Å². The Balaban J connectivity index is 1.55. The SMILES string of the molecule is C/C=C(\C)C(=O)N[C@@H]1[C@H](O)[C@@H]2CC[C@@H]3[C@H]4CC[C@H]([C@H](C)N(C)C)[C@@]4(C)CC[C@@H]3[C@@]2(C)C[C@@H]1O. The number of carbonyl (C=O) groups excluding carboxylic acids is 1.